The molecule has 0 aliphatic carbocycles. The number of halogens is 1. The van der Waals surface area contributed by atoms with Crippen molar-refractivity contribution in [3.05, 3.63) is 82.0 Å². The smallest absolute Gasteiger partial charge is 0.322 e. The molecule has 2 atom stereocenters. The summed E-state index contributed by atoms with van der Waals surface area (Å²) in [5, 5.41) is 3.53. The average molecular weight is 493 g/mol. The number of hydrogen-bond donors (Lipinski definition) is 1. The zero-order valence-electron chi connectivity index (χ0n) is 19.7. The Bertz CT molecular complexity index is 1160. The number of rotatable bonds is 5. The van der Waals surface area contributed by atoms with Crippen LogP contribution in [0, 0.1) is 0 Å². The van der Waals surface area contributed by atoms with Crippen molar-refractivity contribution in [3.8, 4) is 0 Å². The molecule has 0 bridgehead atoms. The van der Waals surface area contributed by atoms with E-state index >= 15 is 0 Å². The van der Waals surface area contributed by atoms with Crippen LogP contribution in [-0.4, -0.2) is 65.3 Å². The first-order chi connectivity index (χ1) is 16.9. The highest BCUT2D eigenvalue weighted by atomic mass is 35.5. The van der Waals surface area contributed by atoms with Gasteiger partial charge in [0.1, 0.15) is 6.04 Å². The first-order valence-corrected chi connectivity index (χ1v) is 12.5. The summed E-state index contributed by atoms with van der Waals surface area (Å²) in [6.45, 7) is 1.65. The normalized spacial score (nSPS) is 21.2. The Morgan fingerprint density at radius 3 is 2.40 bits per heavy atom. The summed E-state index contributed by atoms with van der Waals surface area (Å²) in [6, 6.07) is 15.4. The lowest BCUT2D eigenvalue weighted by Gasteiger charge is -2.35. The molecule has 2 aromatic carbocycles. The predicted octanol–water partition coefficient (Wildman–Crippen LogP) is 3.76. The van der Waals surface area contributed by atoms with Gasteiger partial charge in [0.2, 0.25) is 5.91 Å². The molecule has 0 spiro atoms. The number of urea groups is 1. The van der Waals surface area contributed by atoms with E-state index < -0.39 is 12.1 Å². The zero-order valence-corrected chi connectivity index (χ0v) is 20.5. The van der Waals surface area contributed by atoms with E-state index in [2.05, 4.69) is 5.32 Å². The summed E-state index contributed by atoms with van der Waals surface area (Å²) in [7, 11) is 1.66. The molecule has 35 heavy (non-hydrogen) atoms. The summed E-state index contributed by atoms with van der Waals surface area (Å²) in [4.78, 5) is 45.6. The third-order valence-corrected chi connectivity index (χ3v) is 7.44. The van der Waals surface area contributed by atoms with Crippen molar-refractivity contribution in [2.75, 3.05) is 26.7 Å². The van der Waals surface area contributed by atoms with Gasteiger partial charge in [0.25, 0.3) is 5.91 Å². The van der Waals surface area contributed by atoms with Crippen molar-refractivity contribution in [1.29, 1.82) is 0 Å². The second-order valence-electron chi connectivity index (χ2n) is 9.38. The van der Waals surface area contributed by atoms with Gasteiger partial charge in [-0.05, 0) is 42.5 Å². The highest BCUT2D eigenvalue weighted by molar-refractivity contribution is 6.30. The van der Waals surface area contributed by atoms with Crippen LogP contribution in [0.3, 0.4) is 0 Å². The van der Waals surface area contributed by atoms with Gasteiger partial charge in [-0.1, -0.05) is 54.1 Å². The summed E-state index contributed by atoms with van der Waals surface area (Å²) in [6.07, 6.45) is 3.50. The molecule has 2 aromatic rings. The van der Waals surface area contributed by atoms with Gasteiger partial charge < -0.3 is 15.1 Å². The van der Waals surface area contributed by atoms with Gasteiger partial charge in [-0.15, -0.1) is 0 Å². The third kappa shape index (κ3) is 4.52. The van der Waals surface area contributed by atoms with Crippen LogP contribution in [0.1, 0.15) is 36.4 Å². The SMILES string of the molecule is CN1C(=O)NC(c2ccc(Cl)cc2)C2=C1CN(C(Cc1ccccc1)C(=O)N1CCCCC1)C2=O. The van der Waals surface area contributed by atoms with Gasteiger partial charge >= 0.3 is 6.03 Å². The van der Waals surface area contributed by atoms with Gasteiger partial charge in [0.05, 0.1) is 23.9 Å². The van der Waals surface area contributed by atoms with Crippen molar-refractivity contribution in [2.45, 2.75) is 37.8 Å². The van der Waals surface area contributed by atoms with E-state index in [0.29, 0.717) is 35.8 Å². The van der Waals surface area contributed by atoms with Crippen LogP contribution in [0.15, 0.2) is 65.9 Å². The molecule has 0 radical (unpaired) electrons. The number of amides is 4. The Morgan fingerprint density at radius 1 is 1.03 bits per heavy atom. The minimum Gasteiger partial charge on any atom is -0.341 e. The molecular formula is C27H29ClN4O3. The van der Waals surface area contributed by atoms with Crippen LogP contribution in [-0.2, 0) is 16.0 Å². The number of nitrogens with zero attached hydrogens (tertiary/aromatic N) is 3. The van der Waals surface area contributed by atoms with E-state index in [1.807, 2.05) is 47.4 Å². The van der Waals surface area contributed by atoms with Crippen LogP contribution < -0.4 is 5.32 Å². The second kappa shape index (κ2) is 9.74. The third-order valence-electron chi connectivity index (χ3n) is 7.19. The van der Waals surface area contributed by atoms with Crippen molar-refractivity contribution in [1.82, 2.24) is 20.0 Å². The van der Waals surface area contributed by atoms with Gasteiger partial charge in [0.15, 0.2) is 0 Å². The Morgan fingerprint density at radius 2 is 1.71 bits per heavy atom. The highest BCUT2D eigenvalue weighted by Gasteiger charge is 2.46. The molecule has 4 amide bonds. The minimum atomic E-state index is -0.636. The number of likely N-dealkylation sites (N-methyl/N-ethyl adjacent to an activating group) is 1. The molecule has 182 valence electrons. The van der Waals surface area contributed by atoms with Crippen LogP contribution in [0.2, 0.25) is 5.02 Å². The Kier molecular flexibility index (Phi) is 6.52. The Labute approximate surface area is 210 Å². The molecule has 1 saturated heterocycles. The van der Waals surface area contributed by atoms with E-state index in [4.69, 9.17) is 11.6 Å². The lowest BCUT2D eigenvalue weighted by Crippen LogP contribution is -2.52. The quantitative estimate of drug-likeness (QED) is 0.690. The van der Waals surface area contributed by atoms with E-state index in [0.717, 1.165) is 30.4 Å². The van der Waals surface area contributed by atoms with Gasteiger partial charge in [0, 0.05) is 31.6 Å². The standard InChI is InChI=1S/C27H29ClN4O3/c1-30-22-17-32(26(34)23(22)24(29-27(30)35)19-10-12-20(28)13-11-19)21(16-18-8-4-2-5-9-18)25(33)31-14-6-3-7-15-31/h2,4-5,8-13,21,24H,3,6-7,14-17H2,1H3,(H,29,35). The van der Waals surface area contributed by atoms with Crippen molar-refractivity contribution in [3.63, 3.8) is 0 Å². The van der Waals surface area contributed by atoms with E-state index in [-0.39, 0.29) is 24.4 Å². The summed E-state index contributed by atoms with van der Waals surface area (Å²) in [5.41, 5.74) is 2.93. The fourth-order valence-corrected chi connectivity index (χ4v) is 5.36. The second-order valence-corrected chi connectivity index (χ2v) is 9.81. The Balaban J connectivity index is 1.49. The topological polar surface area (TPSA) is 73.0 Å². The lowest BCUT2D eigenvalue weighted by atomic mass is 9.95. The fraction of sp³-hybridized carbons (Fsp3) is 0.370. The first-order valence-electron chi connectivity index (χ1n) is 12.1. The number of piperidine rings is 1. The number of carbonyl (C=O) groups is 3. The number of likely N-dealkylation sites (tertiary alicyclic amines) is 1. The molecule has 5 rings (SSSR count). The fourth-order valence-electron chi connectivity index (χ4n) is 5.24. The average Bonchev–Trinajstić information content (AvgIpc) is 3.23. The largest absolute Gasteiger partial charge is 0.341 e. The summed E-state index contributed by atoms with van der Waals surface area (Å²) in [5.74, 6) is -0.232. The number of nitrogens with one attached hydrogen (secondary N) is 1. The number of carbonyl (C=O) groups excluding carboxylic acids is 3. The predicted molar refractivity (Wildman–Crippen MR) is 134 cm³/mol. The Hall–Kier alpha value is -3.32. The molecule has 0 saturated carbocycles. The van der Waals surface area contributed by atoms with Gasteiger partial charge in [-0.3, -0.25) is 14.5 Å². The highest BCUT2D eigenvalue weighted by Crippen LogP contribution is 2.37. The molecule has 2 unspecified atom stereocenters. The van der Waals surface area contributed by atoms with E-state index in [1.54, 1.807) is 24.1 Å². The van der Waals surface area contributed by atoms with Crippen LogP contribution in [0.25, 0.3) is 0 Å². The van der Waals surface area contributed by atoms with Crippen LogP contribution in [0.5, 0.6) is 0 Å². The van der Waals surface area contributed by atoms with Crippen LogP contribution in [0.4, 0.5) is 4.79 Å². The molecular weight excluding hydrogens is 464 g/mol. The minimum absolute atomic E-state index is 0.0215. The van der Waals surface area contributed by atoms with E-state index in [9.17, 15) is 14.4 Å². The maximum atomic E-state index is 14.0. The monoisotopic (exact) mass is 492 g/mol. The zero-order chi connectivity index (χ0) is 24.5. The number of hydrogen-bond acceptors (Lipinski definition) is 3. The number of benzene rings is 2. The summed E-state index contributed by atoms with van der Waals surface area (Å²) < 4.78 is 0. The molecule has 1 N–H and O–H groups in total. The maximum Gasteiger partial charge on any atom is 0.322 e. The molecule has 3 aliphatic heterocycles. The molecule has 7 nitrogen and oxygen atoms in total. The first kappa shape index (κ1) is 23.4. The summed E-state index contributed by atoms with van der Waals surface area (Å²) >= 11 is 6.07. The van der Waals surface area contributed by atoms with Crippen molar-refractivity contribution < 1.29 is 14.4 Å². The van der Waals surface area contributed by atoms with E-state index in [1.165, 1.54) is 4.90 Å². The van der Waals surface area contributed by atoms with Crippen molar-refractivity contribution in [2.24, 2.45) is 0 Å². The van der Waals surface area contributed by atoms with Crippen LogP contribution >= 0.6 is 11.6 Å². The maximum absolute atomic E-state index is 14.0. The van der Waals surface area contributed by atoms with Crippen molar-refractivity contribution >= 4 is 29.4 Å². The molecule has 3 heterocycles. The van der Waals surface area contributed by atoms with Gasteiger partial charge in [-0.2, -0.15) is 0 Å². The van der Waals surface area contributed by atoms with Gasteiger partial charge in [-0.25, -0.2) is 4.79 Å². The molecule has 8 heteroatoms. The molecule has 3 aliphatic rings. The lowest BCUT2D eigenvalue weighted by molar-refractivity contribution is -0.143. The molecule has 0 aromatic heterocycles. The molecule has 1 fully saturated rings.